The second-order valence-corrected chi connectivity index (χ2v) is 7.65. The molecule has 1 unspecified atom stereocenters. The molecule has 2 heterocycles. The van der Waals surface area contributed by atoms with Crippen LogP contribution in [0.15, 0.2) is 70.3 Å². The number of ether oxygens (including phenoxy) is 2. The van der Waals surface area contributed by atoms with Gasteiger partial charge in [-0.2, -0.15) is 4.99 Å². The number of nitrogens with two attached hydrogens (primary N) is 1. The predicted octanol–water partition coefficient (Wildman–Crippen LogP) is 5.17. The largest absolute Gasteiger partial charge is 0.496 e. The Labute approximate surface area is 175 Å². The van der Waals surface area contributed by atoms with E-state index in [4.69, 9.17) is 24.6 Å². The van der Waals surface area contributed by atoms with Crippen LogP contribution in [0.4, 0.5) is 11.6 Å². The van der Waals surface area contributed by atoms with Gasteiger partial charge in [0.2, 0.25) is 5.88 Å². The van der Waals surface area contributed by atoms with Gasteiger partial charge in [-0.3, -0.25) is 0 Å². The van der Waals surface area contributed by atoms with Crippen molar-refractivity contribution in [2.24, 2.45) is 10.7 Å². The minimum atomic E-state index is -0.433. The zero-order chi connectivity index (χ0) is 20.5. The van der Waals surface area contributed by atoms with Gasteiger partial charge in [0, 0.05) is 5.69 Å². The molecule has 1 aliphatic heterocycles. The lowest BCUT2D eigenvalue weighted by Gasteiger charge is -2.35. The maximum atomic E-state index is 6.67. The van der Waals surface area contributed by atoms with Crippen LogP contribution in [0.5, 0.6) is 11.5 Å². The molecule has 6 nitrogen and oxygen atoms in total. The van der Waals surface area contributed by atoms with E-state index in [1.807, 2.05) is 59.5 Å². The summed E-state index contributed by atoms with van der Waals surface area (Å²) in [6, 6.07) is 17.7. The summed E-state index contributed by atoms with van der Waals surface area (Å²) in [5, 5.41) is 0. The third kappa shape index (κ3) is 3.33. The summed E-state index contributed by atoms with van der Waals surface area (Å²) in [5.41, 5.74) is 9.30. The van der Waals surface area contributed by atoms with Gasteiger partial charge in [-0.25, -0.2) is 0 Å². The molecule has 1 aromatic heterocycles. The van der Waals surface area contributed by atoms with Gasteiger partial charge >= 0.3 is 0 Å². The number of nitrogens with zero attached hydrogens (tertiary/aromatic N) is 2. The first-order chi connectivity index (χ1) is 14.7. The summed E-state index contributed by atoms with van der Waals surface area (Å²) >= 11 is 0. The Bertz CT molecular complexity index is 1050. The molecule has 1 fully saturated rings. The average molecular weight is 403 g/mol. The van der Waals surface area contributed by atoms with E-state index < -0.39 is 6.17 Å². The van der Waals surface area contributed by atoms with E-state index in [1.54, 1.807) is 13.4 Å². The lowest BCUT2D eigenvalue weighted by molar-refractivity contribution is 0.210. The Balaban J connectivity index is 1.53. The molecule has 2 aliphatic rings. The van der Waals surface area contributed by atoms with Crippen molar-refractivity contribution < 1.29 is 13.9 Å². The molecule has 1 atom stereocenters. The number of hydrogen-bond acceptors (Lipinski definition) is 6. The van der Waals surface area contributed by atoms with E-state index in [1.165, 1.54) is 12.8 Å². The van der Waals surface area contributed by atoms with Crippen LogP contribution in [0.1, 0.15) is 43.0 Å². The Morgan fingerprint density at radius 3 is 2.57 bits per heavy atom. The summed E-state index contributed by atoms with van der Waals surface area (Å²) < 4.78 is 17.3. The SMILES string of the molecule is COc1ccccc1C1=Nc2occc2C(N)N1c1ccc(OC2CCCC2)cc1. The van der Waals surface area contributed by atoms with Gasteiger partial charge in [0.1, 0.15) is 23.5 Å². The third-order valence-corrected chi connectivity index (χ3v) is 5.77. The molecule has 6 heteroatoms. The van der Waals surface area contributed by atoms with E-state index in [-0.39, 0.29) is 0 Å². The first-order valence-electron chi connectivity index (χ1n) is 10.4. The Morgan fingerprint density at radius 2 is 1.80 bits per heavy atom. The Morgan fingerprint density at radius 1 is 1.03 bits per heavy atom. The topological polar surface area (TPSA) is 73.2 Å². The van der Waals surface area contributed by atoms with Crippen molar-refractivity contribution in [1.29, 1.82) is 0 Å². The van der Waals surface area contributed by atoms with E-state index in [0.29, 0.717) is 17.8 Å². The maximum absolute atomic E-state index is 6.67. The Kier molecular flexibility index (Phi) is 4.93. The smallest absolute Gasteiger partial charge is 0.227 e. The zero-order valence-electron chi connectivity index (χ0n) is 17.0. The summed E-state index contributed by atoms with van der Waals surface area (Å²) in [7, 11) is 1.65. The highest BCUT2D eigenvalue weighted by atomic mass is 16.5. The number of amidine groups is 1. The second kappa shape index (κ2) is 7.88. The van der Waals surface area contributed by atoms with E-state index >= 15 is 0 Å². The Hall–Kier alpha value is -3.25. The number of benzene rings is 2. The molecule has 0 saturated heterocycles. The van der Waals surface area contributed by atoms with E-state index in [0.717, 1.165) is 41.2 Å². The van der Waals surface area contributed by atoms with Crippen molar-refractivity contribution in [2.75, 3.05) is 12.0 Å². The highest BCUT2D eigenvalue weighted by molar-refractivity contribution is 6.13. The minimum absolute atomic E-state index is 0.326. The van der Waals surface area contributed by atoms with Gasteiger partial charge in [-0.1, -0.05) is 12.1 Å². The quantitative estimate of drug-likeness (QED) is 0.637. The first-order valence-corrected chi connectivity index (χ1v) is 10.4. The average Bonchev–Trinajstić information content (AvgIpc) is 3.46. The van der Waals surface area contributed by atoms with E-state index in [9.17, 15) is 0 Å². The first kappa shape index (κ1) is 18.8. The molecule has 0 bridgehead atoms. The molecule has 3 aromatic rings. The number of anilines is 1. The van der Waals surface area contributed by atoms with Crippen LogP contribution in [0.3, 0.4) is 0 Å². The van der Waals surface area contributed by atoms with Gasteiger partial charge in [0.25, 0.3) is 0 Å². The second-order valence-electron chi connectivity index (χ2n) is 7.65. The van der Waals surface area contributed by atoms with Crippen molar-refractivity contribution >= 4 is 17.4 Å². The van der Waals surface area contributed by atoms with Crippen molar-refractivity contribution in [3.8, 4) is 11.5 Å². The van der Waals surface area contributed by atoms with Gasteiger partial charge in [-0.05, 0) is 68.1 Å². The molecule has 1 saturated carbocycles. The number of hydrogen-bond donors (Lipinski definition) is 1. The molecule has 1 aliphatic carbocycles. The van der Waals surface area contributed by atoms with Crippen molar-refractivity contribution in [2.45, 2.75) is 38.0 Å². The van der Waals surface area contributed by atoms with Crippen LogP contribution in [0.2, 0.25) is 0 Å². The lowest BCUT2D eigenvalue weighted by atomic mass is 10.1. The normalized spacial score (nSPS) is 18.8. The third-order valence-electron chi connectivity index (χ3n) is 5.77. The molecular formula is C24H25N3O3. The highest BCUT2D eigenvalue weighted by Gasteiger charge is 2.32. The molecule has 2 N–H and O–H groups in total. The summed E-state index contributed by atoms with van der Waals surface area (Å²) in [4.78, 5) is 6.79. The van der Waals surface area contributed by atoms with Crippen LogP contribution >= 0.6 is 0 Å². The number of fused-ring (bicyclic) bond motifs is 1. The lowest BCUT2D eigenvalue weighted by Crippen LogP contribution is -2.42. The van der Waals surface area contributed by atoms with Crippen molar-refractivity contribution in [3.63, 3.8) is 0 Å². The molecule has 2 aromatic carbocycles. The fraction of sp³-hybridized carbons (Fsp3) is 0.292. The molecule has 0 radical (unpaired) electrons. The molecule has 0 spiro atoms. The van der Waals surface area contributed by atoms with Crippen LogP contribution in [-0.4, -0.2) is 19.0 Å². The fourth-order valence-electron chi connectivity index (χ4n) is 4.23. The van der Waals surface area contributed by atoms with Crippen LogP contribution < -0.4 is 20.1 Å². The van der Waals surface area contributed by atoms with E-state index in [2.05, 4.69) is 0 Å². The molecular weight excluding hydrogens is 378 g/mol. The molecule has 30 heavy (non-hydrogen) atoms. The number of rotatable bonds is 5. The molecule has 5 rings (SSSR count). The maximum Gasteiger partial charge on any atom is 0.227 e. The minimum Gasteiger partial charge on any atom is -0.496 e. The van der Waals surface area contributed by atoms with Gasteiger partial charge in [0.15, 0.2) is 0 Å². The summed E-state index contributed by atoms with van der Waals surface area (Å²) in [6.45, 7) is 0. The molecule has 154 valence electrons. The van der Waals surface area contributed by atoms with Crippen molar-refractivity contribution in [1.82, 2.24) is 0 Å². The van der Waals surface area contributed by atoms with Gasteiger partial charge < -0.3 is 24.5 Å². The zero-order valence-corrected chi connectivity index (χ0v) is 17.0. The number of methoxy groups -OCH3 is 1. The summed E-state index contributed by atoms with van der Waals surface area (Å²) in [5.74, 6) is 2.83. The monoisotopic (exact) mass is 403 g/mol. The van der Waals surface area contributed by atoms with Crippen LogP contribution in [0, 0.1) is 0 Å². The van der Waals surface area contributed by atoms with Gasteiger partial charge in [-0.15, -0.1) is 0 Å². The van der Waals surface area contributed by atoms with Crippen LogP contribution in [0.25, 0.3) is 0 Å². The van der Waals surface area contributed by atoms with Crippen molar-refractivity contribution in [3.05, 3.63) is 72.0 Å². The number of para-hydroxylation sites is 1. The molecule has 0 amide bonds. The number of aliphatic imine (C=N–C) groups is 1. The number of furan rings is 1. The highest BCUT2D eigenvalue weighted by Crippen LogP contribution is 2.39. The fourth-order valence-corrected chi connectivity index (χ4v) is 4.23. The summed E-state index contributed by atoms with van der Waals surface area (Å²) in [6.07, 6.45) is 6.27. The predicted molar refractivity (Wildman–Crippen MR) is 117 cm³/mol. The van der Waals surface area contributed by atoms with Gasteiger partial charge in [0.05, 0.1) is 30.6 Å². The standard InChI is InChI=1S/C24H25N3O3/c1-28-21-9-5-4-8-19(21)23-26-24-20(14-15-29-24)22(25)27(23)16-10-12-18(13-11-16)30-17-6-2-3-7-17/h4-5,8-15,17,22H,2-3,6-7,25H2,1H3. The van der Waals surface area contributed by atoms with Crippen LogP contribution in [-0.2, 0) is 0 Å².